The number of rotatable bonds is 7. The number of aryl methyl sites for hydroxylation is 2. The van der Waals surface area contributed by atoms with E-state index in [4.69, 9.17) is 0 Å². The Morgan fingerprint density at radius 1 is 1.07 bits per heavy atom. The molecule has 30 heavy (non-hydrogen) atoms. The Morgan fingerprint density at radius 2 is 1.77 bits per heavy atom. The molecule has 1 unspecified atom stereocenters. The summed E-state index contributed by atoms with van der Waals surface area (Å²) in [4.78, 5) is 27.3. The summed E-state index contributed by atoms with van der Waals surface area (Å²) < 4.78 is 13.7. The van der Waals surface area contributed by atoms with Crippen LogP contribution in [0.25, 0.3) is 5.76 Å². The lowest BCUT2D eigenvalue weighted by Crippen LogP contribution is -2.30. The van der Waals surface area contributed by atoms with Crippen molar-refractivity contribution in [3.63, 3.8) is 0 Å². The van der Waals surface area contributed by atoms with Crippen LogP contribution in [0.5, 0.6) is 0 Å². The second-order valence-corrected chi connectivity index (χ2v) is 7.76. The van der Waals surface area contributed by atoms with Gasteiger partial charge in [0.2, 0.25) is 0 Å². The molecular weight excluding hydrogens is 381 g/mol. The van der Waals surface area contributed by atoms with Gasteiger partial charge in [0.15, 0.2) is 0 Å². The molecule has 2 aromatic rings. The average Bonchev–Trinajstić information content (AvgIpc) is 3.00. The van der Waals surface area contributed by atoms with Gasteiger partial charge in [0.1, 0.15) is 11.6 Å². The van der Waals surface area contributed by atoms with E-state index in [2.05, 4.69) is 13.8 Å². The van der Waals surface area contributed by atoms with Crippen molar-refractivity contribution in [3.05, 3.63) is 76.1 Å². The van der Waals surface area contributed by atoms with Gasteiger partial charge in [-0.05, 0) is 54.7 Å². The van der Waals surface area contributed by atoms with E-state index < -0.39 is 23.5 Å². The maximum atomic E-state index is 13.7. The van der Waals surface area contributed by atoms with Crippen molar-refractivity contribution >= 4 is 17.4 Å². The Labute approximate surface area is 177 Å². The van der Waals surface area contributed by atoms with Crippen molar-refractivity contribution in [2.45, 2.75) is 52.5 Å². The van der Waals surface area contributed by atoms with Gasteiger partial charge in [-0.25, -0.2) is 4.39 Å². The third kappa shape index (κ3) is 4.16. The number of hydrogen-bond acceptors (Lipinski definition) is 3. The Morgan fingerprint density at radius 3 is 2.37 bits per heavy atom. The first kappa shape index (κ1) is 21.8. The fraction of sp³-hybridized carbons (Fsp3) is 0.360. The van der Waals surface area contributed by atoms with Crippen LogP contribution < -0.4 is 0 Å². The summed E-state index contributed by atoms with van der Waals surface area (Å²) in [6.45, 7) is 6.17. The van der Waals surface area contributed by atoms with Crippen LogP contribution in [0.3, 0.4) is 0 Å². The van der Waals surface area contributed by atoms with Gasteiger partial charge in [0, 0.05) is 12.1 Å². The molecule has 1 amide bonds. The summed E-state index contributed by atoms with van der Waals surface area (Å²) >= 11 is 0. The number of Topliss-reactive ketones (excluding diaryl/α,β-unsaturated/α-hetero) is 1. The van der Waals surface area contributed by atoms with Crippen LogP contribution in [0.4, 0.5) is 4.39 Å². The number of carbonyl (C=O) groups excluding carboxylic acids is 2. The number of benzene rings is 2. The van der Waals surface area contributed by atoms with Crippen LogP contribution in [-0.2, 0) is 16.0 Å². The molecule has 0 aromatic heterocycles. The lowest BCUT2D eigenvalue weighted by molar-refractivity contribution is -0.139. The van der Waals surface area contributed by atoms with Crippen molar-refractivity contribution in [3.8, 4) is 0 Å². The van der Waals surface area contributed by atoms with Gasteiger partial charge >= 0.3 is 0 Å². The summed E-state index contributed by atoms with van der Waals surface area (Å²) in [6, 6.07) is 11.3. The minimum Gasteiger partial charge on any atom is -0.507 e. The van der Waals surface area contributed by atoms with Crippen LogP contribution in [0.1, 0.15) is 61.4 Å². The van der Waals surface area contributed by atoms with E-state index in [1.54, 1.807) is 11.8 Å². The summed E-state index contributed by atoms with van der Waals surface area (Å²) in [5, 5.41) is 11.0. The number of hydrogen-bond donors (Lipinski definition) is 1. The van der Waals surface area contributed by atoms with Crippen LogP contribution in [-0.4, -0.2) is 28.2 Å². The van der Waals surface area contributed by atoms with E-state index in [1.165, 1.54) is 18.2 Å². The second-order valence-electron chi connectivity index (χ2n) is 7.76. The number of unbranched alkanes of at least 4 members (excludes halogenated alkanes) is 2. The molecule has 4 nitrogen and oxygen atoms in total. The Hall–Kier alpha value is -2.95. The third-order valence-electron chi connectivity index (χ3n) is 5.68. The summed E-state index contributed by atoms with van der Waals surface area (Å²) in [5.74, 6) is -1.95. The number of carbonyl (C=O) groups is 2. The number of nitrogens with zero attached hydrogens (tertiary/aromatic N) is 1. The first-order chi connectivity index (χ1) is 14.4. The van der Waals surface area contributed by atoms with Crippen LogP contribution in [0.15, 0.2) is 48.0 Å². The fourth-order valence-corrected chi connectivity index (χ4v) is 3.87. The Bertz CT molecular complexity index is 978. The number of aliphatic hydroxyl groups is 1. The van der Waals surface area contributed by atoms with Crippen molar-refractivity contribution in [2.24, 2.45) is 0 Å². The molecular formula is C25H28FNO3. The van der Waals surface area contributed by atoms with E-state index in [0.29, 0.717) is 17.7 Å². The highest BCUT2D eigenvalue weighted by Crippen LogP contribution is 2.39. The zero-order chi connectivity index (χ0) is 21.8. The van der Waals surface area contributed by atoms with Crippen LogP contribution >= 0.6 is 0 Å². The molecule has 0 saturated carbocycles. The van der Waals surface area contributed by atoms with E-state index >= 15 is 0 Å². The largest absolute Gasteiger partial charge is 0.507 e. The lowest BCUT2D eigenvalue weighted by Gasteiger charge is -2.25. The highest BCUT2D eigenvalue weighted by Gasteiger charge is 2.45. The monoisotopic (exact) mass is 409 g/mol. The van der Waals surface area contributed by atoms with Gasteiger partial charge in [0.05, 0.1) is 11.6 Å². The number of halogens is 1. The van der Waals surface area contributed by atoms with Crippen LogP contribution in [0.2, 0.25) is 0 Å². The summed E-state index contributed by atoms with van der Waals surface area (Å²) in [6.07, 6.45) is 3.60. The molecule has 3 rings (SSSR count). The van der Waals surface area contributed by atoms with E-state index in [1.807, 2.05) is 24.3 Å². The third-order valence-corrected chi connectivity index (χ3v) is 5.68. The van der Waals surface area contributed by atoms with E-state index in [-0.39, 0.29) is 11.3 Å². The first-order valence-electron chi connectivity index (χ1n) is 10.5. The van der Waals surface area contributed by atoms with Crippen molar-refractivity contribution in [1.82, 2.24) is 4.90 Å². The van der Waals surface area contributed by atoms with Crippen molar-refractivity contribution in [1.29, 1.82) is 0 Å². The zero-order valence-corrected chi connectivity index (χ0v) is 17.7. The zero-order valence-electron chi connectivity index (χ0n) is 17.7. The van der Waals surface area contributed by atoms with Crippen molar-refractivity contribution in [2.75, 3.05) is 6.54 Å². The number of likely N-dealkylation sites (tertiary alicyclic amines) is 1. The minimum absolute atomic E-state index is 0.0618. The SMILES string of the molecule is CCCCCN1C(=O)C(=O)/C(=C(\O)c2ccc(F)c(C)c2)C1c1ccc(CC)cc1. The van der Waals surface area contributed by atoms with Crippen LogP contribution in [0, 0.1) is 12.7 Å². The molecule has 0 aliphatic carbocycles. The highest BCUT2D eigenvalue weighted by molar-refractivity contribution is 6.46. The molecule has 2 aromatic carbocycles. The Kier molecular flexibility index (Phi) is 6.70. The van der Waals surface area contributed by atoms with Gasteiger partial charge in [-0.15, -0.1) is 0 Å². The molecule has 0 radical (unpaired) electrons. The number of aliphatic hydroxyl groups excluding tert-OH is 1. The van der Waals surface area contributed by atoms with E-state index in [9.17, 15) is 19.1 Å². The van der Waals surface area contributed by atoms with E-state index in [0.717, 1.165) is 36.8 Å². The quantitative estimate of drug-likeness (QED) is 0.292. The molecule has 1 aliphatic heterocycles. The molecule has 1 N–H and O–H groups in total. The molecule has 0 bridgehead atoms. The first-order valence-corrected chi connectivity index (χ1v) is 10.5. The number of amides is 1. The maximum absolute atomic E-state index is 13.7. The summed E-state index contributed by atoms with van der Waals surface area (Å²) in [7, 11) is 0. The predicted molar refractivity (Wildman–Crippen MR) is 115 cm³/mol. The second kappa shape index (κ2) is 9.24. The van der Waals surface area contributed by atoms with Gasteiger partial charge in [-0.2, -0.15) is 0 Å². The highest BCUT2D eigenvalue weighted by atomic mass is 19.1. The Balaban J connectivity index is 2.12. The predicted octanol–water partition coefficient (Wildman–Crippen LogP) is 5.31. The van der Waals surface area contributed by atoms with Gasteiger partial charge in [0.25, 0.3) is 11.7 Å². The summed E-state index contributed by atoms with van der Waals surface area (Å²) in [5.41, 5.74) is 2.68. The standard InChI is InChI=1S/C25H28FNO3/c1-4-6-7-14-27-22(18-10-8-17(5-2)9-11-18)21(24(29)25(27)30)23(28)19-12-13-20(26)16(3)15-19/h8-13,15,22,28H,4-7,14H2,1-3H3/b23-21-. The molecule has 0 spiro atoms. The molecule has 1 aliphatic rings. The molecule has 1 saturated heterocycles. The minimum atomic E-state index is -0.699. The molecule has 1 fully saturated rings. The normalized spacial score (nSPS) is 18.3. The molecule has 1 heterocycles. The fourth-order valence-electron chi connectivity index (χ4n) is 3.87. The lowest BCUT2D eigenvalue weighted by atomic mass is 9.94. The average molecular weight is 410 g/mol. The molecule has 1 atom stereocenters. The van der Waals surface area contributed by atoms with Gasteiger partial charge in [-0.1, -0.05) is 51.0 Å². The molecule has 158 valence electrons. The maximum Gasteiger partial charge on any atom is 0.295 e. The van der Waals surface area contributed by atoms with Crippen molar-refractivity contribution < 1.29 is 19.1 Å². The topological polar surface area (TPSA) is 57.6 Å². The van der Waals surface area contributed by atoms with Gasteiger partial charge < -0.3 is 10.0 Å². The molecule has 5 heteroatoms. The number of ketones is 1. The van der Waals surface area contributed by atoms with Gasteiger partial charge in [-0.3, -0.25) is 9.59 Å². The smallest absolute Gasteiger partial charge is 0.295 e.